The van der Waals surface area contributed by atoms with Gasteiger partial charge in [0, 0.05) is 23.7 Å². The lowest BCUT2D eigenvalue weighted by atomic mass is 9.98. The van der Waals surface area contributed by atoms with Crippen molar-refractivity contribution in [2.24, 2.45) is 5.92 Å². The van der Waals surface area contributed by atoms with Gasteiger partial charge < -0.3 is 4.74 Å². The van der Waals surface area contributed by atoms with Crippen LogP contribution in [0.15, 0.2) is 53.4 Å². The maximum atomic E-state index is 12.9. The SMILES string of the molecule is O=C(OCc1ccccc1Cl)C1CCN(S(=O)(=O)c2cccc(C(F)(F)F)c2)CC1. The van der Waals surface area contributed by atoms with Crippen LogP contribution >= 0.6 is 11.6 Å². The minimum Gasteiger partial charge on any atom is -0.461 e. The number of nitrogens with zero attached hydrogens (tertiary/aromatic N) is 1. The van der Waals surface area contributed by atoms with E-state index in [-0.39, 0.29) is 32.5 Å². The van der Waals surface area contributed by atoms with Gasteiger partial charge in [-0.1, -0.05) is 35.9 Å². The van der Waals surface area contributed by atoms with Gasteiger partial charge in [0.15, 0.2) is 0 Å². The zero-order chi connectivity index (χ0) is 21.9. The second-order valence-corrected chi connectivity index (χ2v) is 9.25. The fourth-order valence-electron chi connectivity index (χ4n) is 3.20. The predicted molar refractivity (Wildman–Crippen MR) is 104 cm³/mol. The summed E-state index contributed by atoms with van der Waals surface area (Å²) in [7, 11) is -4.09. The number of carbonyl (C=O) groups is 1. The van der Waals surface area contributed by atoms with Gasteiger partial charge in [-0.3, -0.25) is 4.79 Å². The van der Waals surface area contributed by atoms with Crippen LogP contribution in [-0.2, 0) is 32.3 Å². The molecular weight excluding hydrogens is 443 g/mol. The van der Waals surface area contributed by atoms with Crippen molar-refractivity contribution in [3.05, 3.63) is 64.7 Å². The topological polar surface area (TPSA) is 63.7 Å². The summed E-state index contributed by atoms with van der Waals surface area (Å²) in [4.78, 5) is 11.9. The third kappa shape index (κ3) is 5.14. The summed E-state index contributed by atoms with van der Waals surface area (Å²) in [5.41, 5.74) is -0.362. The van der Waals surface area contributed by atoms with E-state index in [9.17, 15) is 26.4 Å². The summed E-state index contributed by atoms with van der Waals surface area (Å²) in [5.74, 6) is -0.938. The molecule has 2 aromatic rings. The van der Waals surface area contributed by atoms with Gasteiger partial charge in [-0.2, -0.15) is 17.5 Å². The molecule has 1 aliphatic rings. The summed E-state index contributed by atoms with van der Waals surface area (Å²) in [6.45, 7) is 0.0517. The normalized spacial score (nSPS) is 16.4. The molecule has 3 rings (SSSR count). The highest BCUT2D eigenvalue weighted by molar-refractivity contribution is 7.89. The molecule has 0 amide bonds. The smallest absolute Gasteiger partial charge is 0.416 e. The molecule has 30 heavy (non-hydrogen) atoms. The van der Waals surface area contributed by atoms with Crippen LogP contribution in [0.2, 0.25) is 5.02 Å². The molecule has 2 aromatic carbocycles. The minimum atomic E-state index is -4.63. The number of sulfonamides is 1. The zero-order valence-corrected chi connectivity index (χ0v) is 17.3. The molecule has 0 aliphatic carbocycles. The van der Waals surface area contributed by atoms with E-state index in [2.05, 4.69) is 0 Å². The summed E-state index contributed by atoms with van der Waals surface area (Å²) < 4.78 is 70.5. The van der Waals surface area contributed by atoms with E-state index in [1.165, 1.54) is 0 Å². The van der Waals surface area contributed by atoms with E-state index in [0.717, 1.165) is 22.5 Å². The summed E-state index contributed by atoms with van der Waals surface area (Å²) in [6.07, 6.45) is -4.19. The Hall–Kier alpha value is -2.10. The number of rotatable bonds is 5. The van der Waals surface area contributed by atoms with E-state index < -0.39 is 38.5 Å². The standard InChI is InChI=1S/C20H19ClF3NO4S/c21-18-7-2-1-4-15(18)13-29-19(26)14-8-10-25(11-9-14)30(27,28)17-6-3-5-16(12-17)20(22,23)24/h1-7,12,14H,8-11,13H2. The van der Waals surface area contributed by atoms with Crippen LogP contribution < -0.4 is 0 Å². The van der Waals surface area contributed by atoms with Crippen molar-refractivity contribution < 1.29 is 31.1 Å². The molecule has 1 aliphatic heterocycles. The Morgan fingerprint density at radius 3 is 2.40 bits per heavy atom. The number of hydrogen-bond donors (Lipinski definition) is 0. The highest BCUT2D eigenvalue weighted by atomic mass is 35.5. The molecule has 0 radical (unpaired) electrons. The number of benzene rings is 2. The van der Waals surface area contributed by atoms with Crippen molar-refractivity contribution in [2.45, 2.75) is 30.5 Å². The number of piperidine rings is 1. The Bertz CT molecular complexity index is 1020. The number of ether oxygens (including phenoxy) is 1. The van der Waals surface area contributed by atoms with Crippen LogP contribution in [0.5, 0.6) is 0 Å². The maximum absolute atomic E-state index is 12.9. The van der Waals surface area contributed by atoms with E-state index in [0.29, 0.717) is 16.7 Å². The molecule has 1 heterocycles. The van der Waals surface area contributed by atoms with Gasteiger partial charge in [-0.25, -0.2) is 8.42 Å². The van der Waals surface area contributed by atoms with Gasteiger partial charge in [0.1, 0.15) is 6.61 Å². The predicted octanol–water partition coefficient (Wildman–Crippen LogP) is 4.50. The first-order chi connectivity index (χ1) is 14.1. The lowest BCUT2D eigenvalue weighted by molar-refractivity contribution is -0.151. The molecule has 0 N–H and O–H groups in total. The van der Waals surface area contributed by atoms with Crippen molar-refractivity contribution in [1.29, 1.82) is 0 Å². The fraction of sp³-hybridized carbons (Fsp3) is 0.350. The van der Waals surface area contributed by atoms with Crippen LogP contribution in [0.1, 0.15) is 24.0 Å². The molecule has 0 aromatic heterocycles. The molecule has 1 fully saturated rings. The Morgan fingerprint density at radius 2 is 1.77 bits per heavy atom. The summed E-state index contributed by atoms with van der Waals surface area (Å²) in [5, 5.41) is 0.479. The first kappa shape index (κ1) is 22.6. The van der Waals surface area contributed by atoms with Gasteiger partial charge in [-0.15, -0.1) is 0 Å². The van der Waals surface area contributed by atoms with E-state index in [1.54, 1.807) is 24.3 Å². The fourth-order valence-corrected chi connectivity index (χ4v) is 4.90. The second-order valence-electron chi connectivity index (χ2n) is 6.90. The maximum Gasteiger partial charge on any atom is 0.416 e. The third-order valence-electron chi connectivity index (χ3n) is 4.91. The number of carbonyl (C=O) groups excluding carboxylic acids is 1. The van der Waals surface area contributed by atoms with Crippen LogP contribution in [0.25, 0.3) is 0 Å². The van der Waals surface area contributed by atoms with Crippen LogP contribution in [-0.4, -0.2) is 31.8 Å². The van der Waals surface area contributed by atoms with Crippen molar-refractivity contribution in [3.63, 3.8) is 0 Å². The monoisotopic (exact) mass is 461 g/mol. The van der Waals surface area contributed by atoms with Gasteiger partial charge >= 0.3 is 12.1 Å². The first-order valence-electron chi connectivity index (χ1n) is 9.16. The second kappa shape index (κ2) is 8.95. The molecule has 0 bridgehead atoms. The number of halogens is 4. The molecule has 1 saturated heterocycles. The third-order valence-corrected chi connectivity index (χ3v) is 7.18. The van der Waals surface area contributed by atoms with E-state index in [4.69, 9.17) is 16.3 Å². The molecular formula is C20H19ClF3NO4S. The lowest BCUT2D eigenvalue weighted by Gasteiger charge is -2.30. The molecule has 0 atom stereocenters. The molecule has 0 spiro atoms. The van der Waals surface area contributed by atoms with Gasteiger partial charge in [0.25, 0.3) is 0 Å². The molecule has 0 unspecified atom stereocenters. The highest BCUT2D eigenvalue weighted by Crippen LogP contribution is 2.32. The summed E-state index contributed by atoms with van der Waals surface area (Å²) >= 11 is 6.03. The van der Waals surface area contributed by atoms with Crippen molar-refractivity contribution in [1.82, 2.24) is 4.31 Å². The number of hydrogen-bond acceptors (Lipinski definition) is 4. The van der Waals surface area contributed by atoms with Crippen molar-refractivity contribution in [2.75, 3.05) is 13.1 Å². The van der Waals surface area contributed by atoms with Crippen molar-refractivity contribution in [3.8, 4) is 0 Å². The van der Waals surface area contributed by atoms with Gasteiger partial charge in [0.2, 0.25) is 10.0 Å². The van der Waals surface area contributed by atoms with Gasteiger partial charge in [-0.05, 0) is 37.1 Å². The largest absolute Gasteiger partial charge is 0.461 e. The van der Waals surface area contributed by atoms with Crippen LogP contribution in [0.3, 0.4) is 0 Å². The Labute approximate surface area is 177 Å². The molecule has 5 nitrogen and oxygen atoms in total. The Morgan fingerprint density at radius 1 is 1.10 bits per heavy atom. The van der Waals surface area contributed by atoms with Crippen LogP contribution in [0.4, 0.5) is 13.2 Å². The summed E-state index contributed by atoms with van der Waals surface area (Å²) in [6, 6.07) is 10.6. The van der Waals surface area contributed by atoms with Crippen molar-refractivity contribution >= 4 is 27.6 Å². The minimum absolute atomic E-state index is 0.0151. The molecule has 0 saturated carbocycles. The van der Waals surface area contributed by atoms with E-state index in [1.807, 2.05) is 0 Å². The Kier molecular flexibility index (Phi) is 6.74. The molecule has 162 valence electrons. The van der Waals surface area contributed by atoms with E-state index >= 15 is 0 Å². The average molecular weight is 462 g/mol. The first-order valence-corrected chi connectivity index (χ1v) is 11.0. The Balaban J connectivity index is 1.61. The molecule has 10 heteroatoms. The highest BCUT2D eigenvalue weighted by Gasteiger charge is 2.35. The quantitative estimate of drug-likeness (QED) is 0.615. The average Bonchev–Trinajstić information content (AvgIpc) is 2.72. The van der Waals surface area contributed by atoms with Crippen LogP contribution in [0, 0.1) is 5.92 Å². The lowest BCUT2D eigenvalue weighted by Crippen LogP contribution is -2.40. The number of alkyl halides is 3. The van der Waals surface area contributed by atoms with Gasteiger partial charge in [0.05, 0.1) is 16.4 Å². The number of esters is 1. The zero-order valence-electron chi connectivity index (χ0n) is 15.7.